The van der Waals surface area contributed by atoms with Crippen molar-refractivity contribution in [3.05, 3.63) is 12.2 Å². The molecule has 0 aromatic rings. The number of aliphatic hydroxyl groups excluding tert-OH is 2. The van der Waals surface area contributed by atoms with Crippen molar-refractivity contribution in [2.24, 2.45) is 5.92 Å². The van der Waals surface area contributed by atoms with Crippen LogP contribution in [0.25, 0.3) is 0 Å². The molecule has 0 radical (unpaired) electrons. The maximum atomic E-state index is 9.70. The molecule has 0 bridgehead atoms. The molecule has 3 atom stereocenters. The van der Waals surface area contributed by atoms with Gasteiger partial charge in [0, 0.05) is 5.92 Å². The summed E-state index contributed by atoms with van der Waals surface area (Å²) in [6, 6.07) is 0. The molecule has 2 N–H and O–H groups in total. The second kappa shape index (κ2) is 6.17. The lowest BCUT2D eigenvalue weighted by Gasteiger charge is -2.23. The molecule has 13 heavy (non-hydrogen) atoms. The molecule has 0 aromatic carbocycles. The van der Waals surface area contributed by atoms with Gasteiger partial charge in [0.1, 0.15) is 0 Å². The monoisotopic (exact) mass is 186 g/mol. The van der Waals surface area contributed by atoms with Crippen molar-refractivity contribution in [1.29, 1.82) is 0 Å². The number of hydrogen-bond donors (Lipinski definition) is 2. The first kappa shape index (κ1) is 12.7. The van der Waals surface area contributed by atoms with E-state index in [9.17, 15) is 10.2 Å². The van der Waals surface area contributed by atoms with Gasteiger partial charge in [-0.25, -0.2) is 0 Å². The molecule has 0 heterocycles. The van der Waals surface area contributed by atoms with Gasteiger partial charge in [-0.2, -0.15) is 0 Å². The molecule has 0 aromatic heterocycles. The van der Waals surface area contributed by atoms with E-state index in [4.69, 9.17) is 0 Å². The highest BCUT2D eigenvalue weighted by molar-refractivity contribution is 4.96. The van der Waals surface area contributed by atoms with E-state index in [0.29, 0.717) is 12.8 Å². The lowest BCUT2D eigenvalue weighted by molar-refractivity contribution is 0.0205. The number of aliphatic hydroxyl groups is 2. The van der Waals surface area contributed by atoms with Crippen molar-refractivity contribution < 1.29 is 10.2 Å². The van der Waals surface area contributed by atoms with Gasteiger partial charge in [-0.15, -0.1) is 0 Å². The normalized spacial score (nSPS) is 17.9. The average Bonchev–Trinajstić information content (AvgIpc) is 2.14. The van der Waals surface area contributed by atoms with E-state index in [1.807, 2.05) is 20.8 Å². The van der Waals surface area contributed by atoms with Crippen LogP contribution in [0.4, 0.5) is 0 Å². The Kier molecular flexibility index (Phi) is 6.00. The lowest BCUT2D eigenvalue weighted by atomic mass is 9.91. The zero-order chi connectivity index (χ0) is 10.4. The molecule has 0 aliphatic carbocycles. The van der Waals surface area contributed by atoms with Crippen molar-refractivity contribution in [3.63, 3.8) is 0 Å². The summed E-state index contributed by atoms with van der Waals surface area (Å²) in [4.78, 5) is 0. The molecule has 0 spiro atoms. The van der Waals surface area contributed by atoms with Crippen LogP contribution in [0.1, 0.15) is 40.0 Å². The smallest absolute Gasteiger partial charge is 0.0627 e. The third-order valence-corrected chi connectivity index (χ3v) is 2.63. The Morgan fingerprint density at radius 2 is 1.77 bits per heavy atom. The zero-order valence-electron chi connectivity index (χ0n) is 8.95. The van der Waals surface area contributed by atoms with Gasteiger partial charge < -0.3 is 10.2 Å². The second-order valence-corrected chi connectivity index (χ2v) is 3.71. The largest absolute Gasteiger partial charge is 0.393 e. The van der Waals surface area contributed by atoms with Crippen molar-refractivity contribution in [2.75, 3.05) is 0 Å². The van der Waals surface area contributed by atoms with Gasteiger partial charge in [0.2, 0.25) is 0 Å². The summed E-state index contributed by atoms with van der Waals surface area (Å²) in [6.45, 7) is 9.66. The summed E-state index contributed by atoms with van der Waals surface area (Å²) in [7, 11) is 0. The Balaban J connectivity index is 3.95. The highest BCUT2D eigenvalue weighted by Gasteiger charge is 2.20. The van der Waals surface area contributed by atoms with E-state index >= 15 is 0 Å². The van der Waals surface area contributed by atoms with Crippen molar-refractivity contribution in [2.45, 2.75) is 52.2 Å². The maximum Gasteiger partial charge on any atom is 0.0627 e. The Morgan fingerprint density at radius 3 is 2.15 bits per heavy atom. The molecule has 0 saturated heterocycles. The summed E-state index contributed by atoms with van der Waals surface area (Å²) >= 11 is 0. The van der Waals surface area contributed by atoms with Crippen LogP contribution in [-0.2, 0) is 0 Å². The molecule has 0 rings (SSSR count). The van der Waals surface area contributed by atoms with E-state index in [2.05, 4.69) is 6.58 Å². The van der Waals surface area contributed by atoms with Crippen molar-refractivity contribution in [3.8, 4) is 0 Å². The predicted octanol–water partition coefficient (Wildman–Crippen LogP) is 2.11. The first-order valence-corrected chi connectivity index (χ1v) is 5.05. The van der Waals surface area contributed by atoms with Gasteiger partial charge in [-0.3, -0.25) is 0 Å². The Morgan fingerprint density at radius 1 is 1.23 bits per heavy atom. The van der Waals surface area contributed by atoms with E-state index < -0.39 is 12.2 Å². The fourth-order valence-electron chi connectivity index (χ4n) is 1.25. The fourth-order valence-corrected chi connectivity index (χ4v) is 1.25. The van der Waals surface area contributed by atoms with Gasteiger partial charge in [0.05, 0.1) is 12.2 Å². The molecule has 0 amide bonds. The summed E-state index contributed by atoms with van der Waals surface area (Å²) in [5.41, 5.74) is 1.04. The lowest BCUT2D eigenvalue weighted by Crippen LogP contribution is -2.29. The standard InChI is InChI=1S/C11H22O2/c1-5-8(3)7-11(13)9(4)10(12)6-2/h9-13H,3,5-7H2,1-2,4H3/t9-,10+,11+/m0/s1. The van der Waals surface area contributed by atoms with Crippen LogP contribution in [0.2, 0.25) is 0 Å². The van der Waals surface area contributed by atoms with Gasteiger partial charge in [-0.05, 0) is 19.3 Å². The fraction of sp³-hybridized carbons (Fsp3) is 0.818. The summed E-state index contributed by atoms with van der Waals surface area (Å²) in [5, 5.41) is 19.2. The molecule has 78 valence electrons. The van der Waals surface area contributed by atoms with Gasteiger partial charge in [-0.1, -0.05) is 32.9 Å². The van der Waals surface area contributed by atoms with Crippen LogP contribution in [-0.4, -0.2) is 22.4 Å². The molecular formula is C11H22O2. The van der Waals surface area contributed by atoms with Gasteiger partial charge >= 0.3 is 0 Å². The van der Waals surface area contributed by atoms with E-state index in [1.54, 1.807) is 0 Å². The molecule has 0 unspecified atom stereocenters. The van der Waals surface area contributed by atoms with Gasteiger partial charge in [0.25, 0.3) is 0 Å². The minimum atomic E-state index is -0.456. The van der Waals surface area contributed by atoms with Crippen LogP contribution >= 0.6 is 0 Å². The summed E-state index contributed by atoms with van der Waals surface area (Å²) in [5.74, 6) is -0.0618. The third kappa shape index (κ3) is 4.44. The molecule has 0 aliphatic rings. The second-order valence-electron chi connectivity index (χ2n) is 3.71. The Labute approximate surface area is 81.3 Å². The highest BCUT2D eigenvalue weighted by atomic mass is 16.3. The Bertz CT molecular complexity index is 154. The van der Waals surface area contributed by atoms with E-state index in [1.165, 1.54) is 0 Å². The first-order valence-electron chi connectivity index (χ1n) is 5.05. The summed E-state index contributed by atoms with van der Waals surface area (Å²) in [6.07, 6.45) is 1.33. The molecule has 2 heteroatoms. The topological polar surface area (TPSA) is 40.5 Å². The van der Waals surface area contributed by atoms with E-state index in [-0.39, 0.29) is 5.92 Å². The van der Waals surface area contributed by atoms with Crippen molar-refractivity contribution >= 4 is 0 Å². The molecule has 0 fully saturated rings. The van der Waals surface area contributed by atoms with Crippen LogP contribution in [0.3, 0.4) is 0 Å². The first-order chi connectivity index (χ1) is 6.02. The molecular weight excluding hydrogens is 164 g/mol. The average molecular weight is 186 g/mol. The van der Waals surface area contributed by atoms with Gasteiger partial charge in [0.15, 0.2) is 0 Å². The summed E-state index contributed by atoms with van der Waals surface area (Å²) < 4.78 is 0. The van der Waals surface area contributed by atoms with Crippen molar-refractivity contribution in [1.82, 2.24) is 0 Å². The maximum absolute atomic E-state index is 9.70. The van der Waals surface area contributed by atoms with Crippen LogP contribution in [0.15, 0.2) is 12.2 Å². The van der Waals surface area contributed by atoms with Crippen LogP contribution in [0.5, 0.6) is 0 Å². The van der Waals surface area contributed by atoms with Crippen LogP contribution < -0.4 is 0 Å². The molecule has 0 aliphatic heterocycles. The quantitative estimate of drug-likeness (QED) is 0.624. The molecule has 2 nitrogen and oxygen atoms in total. The zero-order valence-corrected chi connectivity index (χ0v) is 8.95. The molecule has 0 saturated carbocycles. The SMILES string of the molecule is C=C(CC)C[C@@H](O)[C@@H](C)[C@H](O)CC. The van der Waals surface area contributed by atoms with Crippen LogP contribution in [0, 0.1) is 5.92 Å². The highest BCUT2D eigenvalue weighted by Crippen LogP contribution is 2.18. The van der Waals surface area contributed by atoms with E-state index in [0.717, 1.165) is 12.0 Å². The number of hydrogen-bond acceptors (Lipinski definition) is 2. The number of rotatable bonds is 6. The third-order valence-electron chi connectivity index (χ3n) is 2.63. The predicted molar refractivity (Wildman–Crippen MR) is 55.5 cm³/mol. The minimum absolute atomic E-state index is 0.0618. The minimum Gasteiger partial charge on any atom is -0.393 e. The Hall–Kier alpha value is -0.340.